The van der Waals surface area contributed by atoms with Gasteiger partial charge in [-0.3, -0.25) is 9.69 Å². The first-order valence-electron chi connectivity index (χ1n) is 10.8. The van der Waals surface area contributed by atoms with Crippen LogP contribution < -0.4 is 5.32 Å². The lowest BCUT2D eigenvalue weighted by Crippen LogP contribution is -2.51. The summed E-state index contributed by atoms with van der Waals surface area (Å²) in [6, 6.07) is 12.9. The zero-order chi connectivity index (χ0) is 23.5. The van der Waals surface area contributed by atoms with Gasteiger partial charge in [0.05, 0.1) is 17.5 Å². The van der Waals surface area contributed by atoms with E-state index in [4.69, 9.17) is 0 Å². The SMILES string of the molecule is C[C@@H](NC(=O)CN1CCN(S(=O)(=O)c2ccc(C(C)(C)C)cc2)CC1)c1ccc(F)cc1. The van der Waals surface area contributed by atoms with Crippen molar-refractivity contribution in [2.45, 2.75) is 44.0 Å². The molecule has 1 aliphatic heterocycles. The molecule has 1 N–H and O–H groups in total. The first kappa shape index (κ1) is 24.4. The molecule has 1 amide bonds. The van der Waals surface area contributed by atoms with Crippen LogP contribution in [0.2, 0.25) is 0 Å². The third kappa shape index (κ3) is 5.94. The standard InChI is InChI=1S/C24H32FN3O3S/c1-18(19-5-9-21(25)10-6-19)26-23(29)17-27-13-15-28(16-14-27)32(30,31)22-11-7-20(8-12-22)24(2,3)4/h5-12,18H,13-17H2,1-4H3,(H,26,29)/t18-/m1/s1. The van der Waals surface area contributed by atoms with E-state index in [1.165, 1.54) is 16.4 Å². The van der Waals surface area contributed by atoms with Crippen LogP contribution in [0.25, 0.3) is 0 Å². The number of amides is 1. The van der Waals surface area contributed by atoms with E-state index in [9.17, 15) is 17.6 Å². The van der Waals surface area contributed by atoms with Gasteiger partial charge in [0.1, 0.15) is 5.82 Å². The summed E-state index contributed by atoms with van der Waals surface area (Å²) in [5.74, 6) is -0.457. The summed E-state index contributed by atoms with van der Waals surface area (Å²) in [5.41, 5.74) is 1.87. The third-order valence-electron chi connectivity index (χ3n) is 5.80. The molecule has 1 atom stereocenters. The van der Waals surface area contributed by atoms with Gasteiger partial charge in [0, 0.05) is 26.2 Å². The number of sulfonamides is 1. The van der Waals surface area contributed by atoms with E-state index in [0.717, 1.165) is 11.1 Å². The van der Waals surface area contributed by atoms with Crippen LogP contribution in [0.4, 0.5) is 4.39 Å². The van der Waals surface area contributed by atoms with Crippen molar-refractivity contribution in [2.75, 3.05) is 32.7 Å². The first-order valence-corrected chi connectivity index (χ1v) is 12.3. The quantitative estimate of drug-likeness (QED) is 0.717. The zero-order valence-electron chi connectivity index (χ0n) is 19.1. The van der Waals surface area contributed by atoms with Crippen LogP contribution in [0.15, 0.2) is 53.4 Å². The van der Waals surface area contributed by atoms with Gasteiger partial charge in [-0.05, 0) is 47.7 Å². The second-order valence-corrected chi connectivity index (χ2v) is 11.2. The van der Waals surface area contributed by atoms with Crippen LogP contribution in [-0.2, 0) is 20.2 Å². The number of halogens is 1. The van der Waals surface area contributed by atoms with Crippen LogP contribution in [0.3, 0.4) is 0 Å². The smallest absolute Gasteiger partial charge is 0.243 e. The molecule has 0 aromatic heterocycles. The number of carbonyl (C=O) groups is 1. The summed E-state index contributed by atoms with van der Waals surface area (Å²) in [7, 11) is -3.56. The topological polar surface area (TPSA) is 69.7 Å². The molecule has 1 heterocycles. The predicted octanol–water partition coefficient (Wildman–Crippen LogP) is 3.31. The van der Waals surface area contributed by atoms with E-state index in [2.05, 4.69) is 26.1 Å². The Hall–Kier alpha value is -2.29. The molecule has 0 aliphatic carbocycles. The lowest BCUT2D eigenvalue weighted by Gasteiger charge is -2.33. The second-order valence-electron chi connectivity index (χ2n) is 9.30. The van der Waals surface area contributed by atoms with Gasteiger partial charge in [-0.15, -0.1) is 0 Å². The van der Waals surface area contributed by atoms with E-state index in [-0.39, 0.29) is 29.7 Å². The molecule has 3 rings (SSSR count). The summed E-state index contributed by atoms with van der Waals surface area (Å²) in [6.07, 6.45) is 0. The number of nitrogens with zero attached hydrogens (tertiary/aromatic N) is 2. The Morgan fingerprint density at radius 1 is 1.00 bits per heavy atom. The molecular formula is C24H32FN3O3S. The van der Waals surface area contributed by atoms with Crippen molar-refractivity contribution in [3.8, 4) is 0 Å². The number of hydrogen-bond acceptors (Lipinski definition) is 4. The molecule has 0 unspecified atom stereocenters. The van der Waals surface area contributed by atoms with E-state index >= 15 is 0 Å². The van der Waals surface area contributed by atoms with E-state index in [0.29, 0.717) is 31.1 Å². The van der Waals surface area contributed by atoms with Gasteiger partial charge in [0.15, 0.2) is 0 Å². The molecule has 1 fully saturated rings. The molecule has 8 heteroatoms. The molecule has 6 nitrogen and oxygen atoms in total. The Balaban J connectivity index is 1.52. The fourth-order valence-corrected chi connectivity index (χ4v) is 5.15. The second kappa shape index (κ2) is 9.68. The molecular weight excluding hydrogens is 429 g/mol. The number of rotatable bonds is 6. The van der Waals surface area contributed by atoms with Crippen LogP contribution in [0.1, 0.15) is 44.9 Å². The maximum Gasteiger partial charge on any atom is 0.243 e. The van der Waals surface area contributed by atoms with Crippen LogP contribution in [0.5, 0.6) is 0 Å². The third-order valence-corrected chi connectivity index (χ3v) is 7.72. The van der Waals surface area contributed by atoms with Gasteiger partial charge in [0.2, 0.25) is 15.9 Å². The van der Waals surface area contributed by atoms with Gasteiger partial charge in [0.25, 0.3) is 0 Å². The van der Waals surface area contributed by atoms with E-state index in [1.54, 1.807) is 24.3 Å². The van der Waals surface area contributed by atoms with Gasteiger partial charge in [-0.2, -0.15) is 4.31 Å². The molecule has 2 aromatic rings. The van der Waals surface area contributed by atoms with E-state index < -0.39 is 10.0 Å². The molecule has 0 spiro atoms. The van der Waals surface area contributed by atoms with Crippen molar-refractivity contribution in [3.63, 3.8) is 0 Å². The average Bonchev–Trinajstić information content (AvgIpc) is 2.74. The van der Waals surface area contributed by atoms with Crippen LogP contribution >= 0.6 is 0 Å². The van der Waals surface area contributed by atoms with Crippen molar-refractivity contribution >= 4 is 15.9 Å². The van der Waals surface area contributed by atoms with Crippen molar-refractivity contribution in [2.24, 2.45) is 0 Å². The summed E-state index contributed by atoms with van der Waals surface area (Å²) >= 11 is 0. The summed E-state index contributed by atoms with van der Waals surface area (Å²) in [4.78, 5) is 14.7. The molecule has 174 valence electrons. The van der Waals surface area contributed by atoms with Crippen molar-refractivity contribution in [3.05, 3.63) is 65.5 Å². The summed E-state index contributed by atoms with van der Waals surface area (Å²) in [5, 5.41) is 2.91. The van der Waals surface area contributed by atoms with Crippen molar-refractivity contribution in [1.29, 1.82) is 0 Å². The highest BCUT2D eigenvalue weighted by Crippen LogP contribution is 2.25. The molecule has 1 aliphatic rings. The Kier molecular flexibility index (Phi) is 7.37. The largest absolute Gasteiger partial charge is 0.348 e. The highest BCUT2D eigenvalue weighted by molar-refractivity contribution is 7.89. The number of carbonyl (C=O) groups excluding carboxylic acids is 1. The van der Waals surface area contributed by atoms with Crippen LogP contribution in [-0.4, -0.2) is 56.3 Å². The monoisotopic (exact) mass is 461 g/mol. The average molecular weight is 462 g/mol. The number of benzene rings is 2. The van der Waals surface area contributed by atoms with E-state index in [1.807, 2.05) is 24.0 Å². The minimum absolute atomic E-state index is 0.0390. The maximum absolute atomic E-state index is 13.1. The molecule has 0 saturated carbocycles. The Bertz CT molecular complexity index is 1020. The van der Waals surface area contributed by atoms with Gasteiger partial charge in [-0.1, -0.05) is 45.0 Å². The lowest BCUT2D eigenvalue weighted by molar-refractivity contribution is -0.123. The zero-order valence-corrected chi connectivity index (χ0v) is 20.0. The Morgan fingerprint density at radius 3 is 2.09 bits per heavy atom. The van der Waals surface area contributed by atoms with Gasteiger partial charge < -0.3 is 5.32 Å². The molecule has 32 heavy (non-hydrogen) atoms. The minimum Gasteiger partial charge on any atom is -0.348 e. The normalized spacial score (nSPS) is 17.2. The fourth-order valence-electron chi connectivity index (χ4n) is 3.73. The predicted molar refractivity (Wildman–Crippen MR) is 123 cm³/mol. The van der Waals surface area contributed by atoms with Gasteiger partial charge >= 0.3 is 0 Å². The molecule has 1 saturated heterocycles. The molecule has 2 aromatic carbocycles. The van der Waals surface area contributed by atoms with Crippen molar-refractivity contribution < 1.29 is 17.6 Å². The number of hydrogen-bond donors (Lipinski definition) is 1. The lowest BCUT2D eigenvalue weighted by atomic mass is 9.87. The van der Waals surface area contributed by atoms with Crippen LogP contribution in [0, 0.1) is 5.82 Å². The van der Waals surface area contributed by atoms with Gasteiger partial charge in [-0.25, -0.2) is 12.8 Å². The highest BCUT2D eigenvalue weighted by atomic mass is 32.2. The highest BCUT2D eigenvalue weighted by Gasteiger charge is 2.29. The fraction of sp³-hybridized carbons (Fsp3) is 0.458. The minimum atomic E-state index is -3.56. The Morgan fingerprint density at radius 2 is 1.56 bits per heavy atom. The molecule has 0 radical (unpaired) electrons. The van der Waals surface area contributed by atoms with Crippen molar-refractivity contribution in [1.82, 2.24) is 14.5 Å². The number of nitrogens with one attached hydrogen (secondary N) is 1. The Labute approximate surface area is 190 Å². The first-order chi connectivity index (χ1) is 15.0. The number of piperazine rings is 1. The summed E-state index contributed by atoms with van der Waals surface area (Å²) in [6.45, 7) is 9.95. The molecule has 0 bridgehead atoms. The summed E-state index contributed by atoms with van der Waals surface area (Å²) < 4.78 is 40.6. The maximum atomic E-state index is 13.1.